The Morgan fingerprint density at radius 3 is 2.65 bits per heavy atom. The van der Waals surface area contributed by atoms with E-state index in [1.165, 1.54) is 25.5 Å². The van der Waals surface area contributed by atoms with Crippen molar-refractivity contribution in [1.29, 1.82) is 0 Å². The van der Waals surface area contributed by atoms with Gasteiger partial charge in [0.15, 0.2) is 5.69 Å². The number of H-pyrrole nitrogens is 1. The Morgan fingerprint density at radius 1 is 1.26 bits per heavy atom. The third-order valence-electron chi connectivity index (χ3n) is 4.19. The molecule has 6 nitrogen and oxygen atoms in total. The number of halogens is 1. The topological polar surface area (TPSA) is 73.9 Å². The molecule has 1 saturated heterocycles. The number of likely N-dealkylation sites (tertiary alicyclic amines) is 1. The Hall–Kier alpha value is -1.92. The monoisotopic (exact) mass is 333 g/mol. The maximum atomic E-state index is 12.1. The predicted molar refractivity (Wildman–Crippen MR) is 88.3 cm³/mol. The lowest BCUT2D eigenvalue weighted by atomic mass is 10.0. The quantitative estimate of drug-likeness (QED) is 0.881. The molecule has 0 bridgehead atoms. The van der Waals surface area contributed by atoms with Crippen molar-refractivity contribution in [3.63, 3.8) is 0 Å². The highest BCUT2D eigenvalue weighted by Gasteiger charge is 2.23. The molecule has 0 spiro atoms. The van der Waals surface area contributed by atoms with Gasteiger partial charge in [0.1, 0.15) is 0 Å². The first-order valence-electron chi connectivity index (χ1n) is 7.87. The van der Waals surface area contributed by atoms with Gasteiger partial charge in [-0.1, -0.05) is 30.2 Å². The van der Waals surface area contributed by atoms with Gasteiger partial charge >= 0.3 is 0 Å². The van der Waals surface area contributed by atoms with Crippen molar-refractivity contribution in [2.75, 3.05) is 19.6 Å². The number of piperidine rings is 1. The Bertz CT molecular complexity index is 622. The fraction of sp³-hybridized carbons (Fsp3) is 0.438. The highest BCUT2D eigenvalue weighted by molar-refractivity contribution is 6.30. The van der Waals surface area contributed by atoms with Crippen molar-refractivity contribution in [3.8, 4) is 0 Å². The van der Waals surface area contributed by atoms with Crippen LogP contribution < -0.4 is 5.32 Å². The summed E-state index contributed by atoms with van der Waals surface area (Å²) in [5, 5.41) is 13.6. The third-order valence-corrected chi connectivity index (χ3v) is 4.44. The van der Waals surface area contributed by atoms with Crippen LogP contribution in [0.5, 0.6) is 0 Å². The highest BCUT2D eigenvalue weighted by Crippen LogP contribution is 2.25. The molecule has 1 aliphatic rings. The molecule has 1 atom stereocenters. The Labute approximate surface area is 140 Å². The van der Waals surface area contributed by atoms with Gasteiger partial charge in [0.2, 0.25) is 0 Å². The molecule has 0 unspecified atom stereocenters. The van der Waals surface area contributed by atoms with Gasteiger partial charge in [-0.2, -0.15) is 15.4 Å². The lowest BCUT2D eigenvalue weighted by Crippen LogP contribution is -2.40. The summed E-state index contributed by atoms with van der Waals surface area (Å²) in [6.07, 6.45) is 5.09. The fourth-order valence-corrected chi connectivity index (χ4v) is 3.09. The number of hydrogen-bond donors (Lipinski definition) is 2. The number of amides is 1. The standard InChI is InChI=1S/C16H20ClN5O/c17-13-6-4-12(5-7-13)15(22-8-2-1-3-9-22)11-18-16(23)14-10-19-21-20-14/h4-7,10,15H,1-3,8-9,11H2,(H,18,23)(H,19,20,21)/t15-/m1/s1. The summed E-state index contributed by atoms with van der Waals surface area (Å²) in [6.45, 7) is 2.63. The first kappa shape index (κ1) is 16.0. The van der Waals surface area contributed by atoms with E-state index in [0.717, 1.165) is 23.7 Å². The molecule has 0 radical (unpaired) electrons. The lowest BCUT2D eigenvalue weighted by Gasteiger charge is -2.35. The molecular formula is C16H20ClN5O. The van der Waals surface area contributed by atoms with Crippen LogP contribution in [0.15, 0.2) is 30.5 Å². The molecule has 1 aliphatic heterocycles. The number of nitrogens with one attached hydrogen (secondary N) is 2. The molecule has 2 aromatic rings. The van der Waals surface area contributed by atoms with Crippen molar-refractivity contribution in [3.05, 3.63) is 46.7 Å². The number of aromatic nitrogens is 3. The van der Waals surface area contributed by atoms with Gasteiger partial charge in [-0.25, -0.2) is 0 Å². The first-order chi connectivity index (χ1) is 11.2. The molecule has 1 fully saturated rings. The van der Waals surface area contributed by atoms with Crippen molar-refractivity contribution < 1.29 is 4.79 Å². The second-order valence-corrected chi connectivity index (χ2v) is 6.17. The Morgan fingerprint density at radius 2 is 2.00 bits per heavy atom. The molecule has 0 aliphatic carbocycles. The molecule has 2 heterocycles. The van der Waals surface area contributed by atoms with Crippen LogP contribution in [-0.4, -0.2) is 45.9 Å². The van der Waals surface area contributed by atoms with Gasteiger partial charge < -0.3 is 5.32 Å². The maximum absolute atomic E-state index is 12.1. The van der Waals surface area contributed by atoms with Crippen LogP contribution in [0.2, 0.25) is 5.02 Å². The second-order valence-electron chi connectivity index (χ2n) is 5.73. The SMILES string of the molecule is O=C(NC[C@H](c1ccc(Cl)cc1)N1CCCCC1)c1cn[nH]n1. The minimum atomic E-state index is -0.213. The molecular weight excluding hydrogens is 314 g/mol. The summed E-state index contributed by atoms with van der Waals surface area (Å²) in [5.41, 5.74) is 1.47. The van der Waals surface area contributed by atoms with Gasteiger partial charge in [0.05, 0.1) is 12.2 Å². The van der Waals surface area contributed by atoms with Crippen molar-refractivity contribution >= 4 is 17.5 Å². The van der Waals surface area contributed by atoms with E-state index in [-0.39, 0.29) is 11.9 Å². The van der Waals surface area contributed by atoms with E-state index in [1.54, 1.807) is 0 Å². The van der Waals surface area contributed by atoms with E-state index >= 15 is 0 Å². The van der Waals surface area contributed by atoms with E-state index in [2.05, 4.69) is 25.6 Å². The van der Waals surface area contributed by atoms with Gasteiger partial charge in [-0.05, 0) is 43.6 Å². The van der Waals surface area contributed by atoms with Crippen molar-refractivity contribution in [2.45, 2.75) is 25.3 Å². The zero-order valence-corrected chi connectivity index (χ0v) is 13.6. The van der Waals surface area contributed by atoms with Crippen LogP contribution in [0, 0.1) is 0 Å². The Kier molecular flexibility index (Phi) is 5.25. The van der Waals surface area contributed by atoms with E-state index in [1.807, 2.05) is 24.3 Å². The summed E-state index contributed by atoms with van der Waals surface area (Å²) in [6, 6.07) is 8.00. The van der Waals surface area contributed by atoms with Crippen LogP contribution in [0.1, 0.15) is 41.4 Å². The van der Waals surface area contributed by atoms with Crippen LogP contribution in [0.3, 0.4) is 0 Å². The largest absolute Gasteiger partial charge is 0.349 e. The molecule has 0 saturated carbocycles. The lowest BCUT2D eigenvalue weighted by molar-refractivity contribution is 0.0919. The normalized spacial score (nSPS) is 16.9. The van der Waals surface area contributed by atoms with Crippen LogP contribution in [-0.2, 0) is 0 Å². The smallest absolute Gasteiger partial charge is 0.273 e. The second kappa shape index (κ2) is 7.57. The summed E-state index contributed by atoms with van der Waals surface area (Å²) >= 11 is 6.00. The van der Waals surface area contributed by atoms with Crippen molar-refractivity contribution in [2.24, 2.45) is 0 Å². The summed E-state index contributed by atoms with van der Waals surface area (Å²) in [5.74, 6) is -0.213. The van der Waals surface area contributed by atoms with E-state index < -0.39 is 0 Å². The summed E-state index contributed by atoms with van der Waals surface area (Å²) in [7, 11) is 0. The number of aromatic amines is 1. The molecule has 23 heavy (non-hydrogen) atoms. The van der Waals surface area contributed by atoms with Crippen LogP contribution >= 0.6 is 11.6 Å². The average Bonchev–Trinajstić information content (AvgIpc) is 3.12. The number of carbonyl (C=O) groups excluding carboxylic acids is 1. The fourth-order valence-electron chi connectivity index (χ4n) is 2.96. The zero-order chi connectivity index (χ0) is 16.1. The summed E-state index contributed by atoms with van der Waals surface area (Å²) < 4.78 is 0. The highest BCUT2D eigenvalue weighted by atomic mass is 35.5. The maximum Gasteiger partial charge on any atom is 0.273 e. The number of benzene rings is 1. The molecule has 7 heteroatoms. The van der Waals surface area contributed by atoms with Gasteiger partial charge in [0, 0.05) is 11.6 Å². The molecule has 122 valence electrons. The third kappa shape index (κ3) is 4.09. The summed E-state index contributed by atoms with van der Waals surface area (Å²) in [4.78, 5) is 14.5. The molecule has 1 aromatic carbocycles. The van der Waals surface area contributed by atoms with Gasteiger partial charge in [-0.3, -0.25) is 9.69 Å². The van der Waals surface area contributed by atoms with E-state index in [4.69, 9.17) is 11.6 Å². The minimum absolute atomic E-state index is 0.142. The van der Waals surface area contributed by atoms with Gasteiger partial charge in [-0.15, -0.1) is 0 Å². The van der Waals surface area contributed by atoms with E-state index in [9.17, 15) is 4.79 Å². The zero-order valence-electron chi connectivity index (χ0n) is 12.8. The average molecular weight is 334 g/mol. The van der Waals surface area contributed by atoms with Crippen LogP contribution in [0.25, 0.3) is 0 Å². The number of nitrogens with zero attached hydrogens (tertiary/aromatic N) is 3. The van der Waals surface area contributed by atoms with E-state index in [0.29, 0.717) is 12.2 Å². The van der Waals surface area contributed by atoms with Crippen molar-refractivity contribution in [1.82, 2.24) is 25.6 Å². The van der Waals surface area contributed by atoms with Gasteiger partial charge in [0.25, 0.3) is 5.91 Å². The number of carbonyl (C=O) groups is 1. The molecule has 2 N–H and O–H groups in total. The minimum Gasteiger partial charge on any atom is -0.349 e. The molecule has 1 amide bonds. The number of hydrogen-bond acceptors (Lipinski definition) is 4. The Balaban J connectivity index is 1.72. The number of rotatable bonds is 5. The molecule has 1 aromatic heterocycles. The van der Waals surface area contributed by atoms with Crippen LogP contribution in [0.4, 0.5) is 0 Å². The molecule has 3 rings (SSSR count). The first-order valence-corrected chi connectivity index (χ1v) is 8.25. The predicted octanol–water partition coefficient (Wildman–Crippen LogP) is 2.42.